The number of nitrogens with zero attached hydrogens (tertiary/aromatic N) is 2. The molecule has 1 aliphatic heterocycles. The van der Waals surface area contributed by atoms with Gasteiger partial charge in [0, 0.05) is 19.8 Å². The Morgan fingerprint density at radius 2 is 2.21 bits per heavy atom. The first-order valence-corrected chi connectivity index (χ1v) is 6.21. The highest BCUT2D eigenvalue weighted by Crippen LogP contribution is 2.28. The van der Waals surface area contributed by atoms with E-state index in [4.69, 9.17) is 10.00 Å². The van der Waals surface area contributed by atoms with Crippen molar-refractivity contribution in [3.63, 3.8) is 0 Å². The lowest BCUT2D eigenvalue weighted by Gasteiger charge is -2.22. The number of nitrogens with one attached hydrogen (secondary N) is 1. The predicted molar refractivity (Wildman–Crippen MR) is 69.8 cm³/mol. The molecule has 6 nitrogen and oxygen atoms in total. The van der Waals surface area contributed by atoms with Crippen LogP contribution in [0.15, 0.2) is 18.2 Å². The molecule has 0 saturated carbocycles. The van der Waals surface area contributed by atoms with E-state index < -0.39 is 4.92 Å². The van der Waals surface area contributed by atoms with Crippen LogP contribution in [0.3, 0.4) is 0 Å². The van der Waals surface area contributed by atoms with E-state index in [1.54, 1.807) is 12.1 Å². The topological polar surface area (TPSA) is 88.2 Å². The lowest BCUT2D eigenvalue weighted by molar-refractivity contribution is -0.384. The van der Waals surface area contributed by atoms with E-state index in [0.29, 0.717) is 18.2 Å². The number of nitriles is 1. The van der Waals surface area contributed by atoms with Gasteiger partial charge in [0.25, 0.3) is 0 Å². The number of hydrogen-bond acceptors (Lipinski definition) is 5. The summed E-state index contributed by atoms with van der Waals surface area (Å²) in [6.45, 7) is 2.15. The van der Waals surface area contributed by atoms with Crippen LogP contribution in [0.25, 0.3) is 0 Å². The van der Waals surface area contributed by atoms with Crippen molar-refractivity contribution in [1.29, 1.82) is 5.26 Å². The van der Waals surface area contributed by atoms with Gasteiger partial charge in [0.15, 0.2) is 0 Å². The van der Waals surface area contributed by atoms with Crippen molar-refractivity contribution in [2.45, 2.75) is 12.8 Å². The van der Waals surface area contributed by atoms with Crippen molar-refractivity contribution >= 4 is 11.4 Å². The van der Waals surface area contributed by atoms with Gasteiger partial charge in [-0.1, -0.05) is 6.07 Å². The summed E-state index contributed by atoms with van der Waals surface area (Å²) in [4.78, 5) is 10.5. The fraction of sp³-hybridized carbons (Fsp3) is 0.462. The van der Waals surface area contributed by atoms with Gasteiger partial charge in [-0.2, -0.15) is 5.26 Å². The molecule has 1 aromatic carbocycles. The molecule has 6 heteroatoms. The molecule has 1 aliphatic rings. The second-order valence-electron chi connectivity index (χ2n) is 4.51. The molecule has 19 heavy (non-hydrogen) atoms. The van der Waals surface area contributed by atoms with Gasteiger partial charge in [-0.3, -0.25) is 10.1 Å². The summed E-state index contributed by atoms with van der Waals surface area (Å²) in [5.41, 5.74) is 0.356. The SMILES string of the molecule is N#Cc1cccc(NCC2CCOCC2)c1[N+](=O)[O-]. The molecular formula is C13H15N3O3. The van der Waals surface area contributed by atoms with E-state index in [9.17, 15) is 10.1 Å². The number of hydrogen-bond donors (Lipinski definition) is 1. The third kappa shape index (κ3) is 3.20. The zero-order chi connectivity index (χ0) is 13.7. The zero-order valence-electron chi connectivity index (χ0n) is 10.5. The molecule has 1 heterocycles. The highest BCUT2D eigenvalue weighted by molar-refractivity contribution is 5.68. The number of ether oxygens (including phenoxy) is 1. The second kappa shape index (κ2) is 6.16. The molecular weight excluding hydrogens is 246 g/mol. The average molecular weight is 261 g/mol. The van der Waals surface area contributed by atoms with Gasteiger partial charge in [0.2, 0.25) is 0 Å². The predicted octanol–water partition coefficient (Wildman–Crippen LogP) is 2.30. The fourth-order valence-electron chi connectivity index (χ4n) is 2.18. The number of rotatable bonds is 4. The average Bonchev–Trinajstić information content (AvgIpc) is 2.45. The van der Waals surface area contributed by atoms with Gasteiger partial charge >= 0.3 is 5.69 Å². The van der Waals surface area contributed by atoms with Crippen molar-refractivity contribution in [2.75, 3.05) is 25.1 Å². The van der Waals surface area contributed by atoms with Crippen LogP contribution in [0.1, 0.15) is 18.4 Å². The molecule has 1 fully saturated rings. The maximum absolute atomic E-state index is 11.0. The van der Waals surface area contributed by atoms with Gasteiger partial charge in [0.05, 0.1) is 4.92 Å². The maximum atomic E-state index is 11.0. The van der Waals surface area contributed by atoms with E-state index in [1.165, 1.54) is 6.07 Å². The van der Waals surface area contributed by atoms with Crippen molar-refractivity contribution in [3.05, 3.63) is 33.9 Å². The molecule has 1 aromatic rings. The lowest BCUT2D eigenvalue weighted by atomic mass is 10.0. The Balaban J connectivity index is 2.11. The molecule has 2 rings (SSSR count). The van der Waals surface area contributed by atoms with Crippen molar-refractivity contribution < 1.29 is 9.66 Å². The Hall–Kier alpha value is -2.13. The summed E-state index contributed by atoms with van der Waals surface area (Å²) >= 11 is 0. The molecule has 0 bridgehead atoms. The number of para-hydroxylation sites is 1. The van der Waals surface area contributed by atoms with Gasteiger partial charge < -0.3 is 10.1 Å². The van der Waals surface area contributed by atoms with E-state index in [-0.39, 0.29) is 11.3 Å². The molecule has 0 atom stereocenters. The minimum atomic E-state index is -0.509. The van der Waals surface area contributed by atoms with Crippen molar-refractivity contribution in [1.82, 2.24) is 0 Å². The Morgan fingerprint density at radius 1 is 1.47 bits per heavy atom. The summed E-state index contributed by atoms with van der Waals surface area (Å²) < 4.78 is 5.27. The molecule has 0 radical (unpaired) electrons. The molecule has 0 spiro atoms. The van der Waals surface area contributed by atoms with Crippen LogP contribution in [0.4, 0.5) is 11.4 Å². The monoisotopic (exact) mass is 261 g/mol. The van der Waals surface area contributed by atoms with Gasteiger partial charge in [-0.25, -0.2) is 0 Å². The minimum Gasteiger partial charge on any atom is -0.381 e. The van der Waals surface area contributed by atoms with E-state index >= 15 is 0 Å². The Kier molecular flexibility index (Phi) is 4.31. The quantitative estimate of drug-likeness (QED) is 0.663. The number of nitro benzene ring substituents is 1. The summed E-state index contributed by atoms with van der Waals surface area (Å²) in [6, 6.07) is 6.60. The van der Waals surface area contributed by atoms with Gasteiger partial charge in [0.1, 0.15) is 17.3 Å². The van der Waals surface area contributed by atoms with Crippen LogP contribution in [0.5, 0.6) is 0 Å². The number of anilines is 1. The summed E-state index contributed by atoms with van der Waals surface area (Å²) in [6.07, 6.45) is 1.91. The molecule has 0 aromatic heterocycles. The Labute approximate surface area is 111 Å². The third-order valence-electron chi connectivity index (χ3n) is 3.26. The zero-order valence-corrected chi connectivity index (χ0v) is 10.5. The highest BCUT2D eigenvalue weighted by Gasteiger charge is 2.20. The first-order valence-electron chi connectivity index (χ1n) is 6.21. The van der Waals surface area contributed by atoms with Crippen LogP contribution in [-0.4, -0.2) is 24.7 Å². The summed E-state index contributed by atoms with van der Waals surface area (Å²) in [7, 11) is 0. The number of nitro groups is 1. The van der Waals surface area contributed by atoms with Crippen LogP contribution in [0.2, 0.25) is 0 Å². The Morgan fingerprint density at radius 3 is 2.84 bits per heavy atom. The van der Waals surface area contributed by atoms with Crippen molar-refractivity contribution in [2.24, 2.45) is 5.92 Å². The van der Waals surface area contributed by atoms with Crippen LogP contribution < -0.4 is 5.32 Å². The van der Waals surface area contributed by atoms with Gasteiger partial charge in [-0.05, 0) is 30.9 Å². The molecule has 0 aliphatic carbocycles. The Bertz CT molecular complexity index is 504. The minimum absolute atomic E-state index is 0.0852. The molecule has 0 amide bonds. The third-order valence-corrected chi connectivity index (χ3v) is 3.26. The maximum Gasteiger partial charge on any atom is 0.309 e. The highest BCUT2D eigenvalue weighted by atomic mass is 16.6. The largest absolute Gasteiger partial charge is 0.381 e. The molecule has 1 N–H and O–H groups in total. The van der Waals surface area contributed by atoms with E-state index in [2.05, 4.69) is 5.32 Å². The first kappa shape index (κ1) is 13.3. The van der Waals surface area contributed by atoms with E-state index in [0.717, 1.165) is 26.1 Å². The fourth-order valence-corrected chi connectivity index (χ4v) is 2.18. The molecule has 0 unspecified atom stereocenters. The van der Waals surface area contributed by atoms with Crippen LogP contribution in [0, 0.1) is 27.4 Å². The van der Waals surface area contributed by atoms with Crippen molar-refractivity contribution in [3.8, 4) is 6.07 Å². The van der Waals surface area contributed by atoms with Crippen LogP contribution in [-0.2, 0) is 4.74 Å². The van der Waals surface area contributed by atoms with Crippen LogP contribution >= 0.6 is 0 Å². The summed E-state index contributed by atoms with van der Waals surface area (Å²) in [5, 5.41) is 23.0. The normalized spacial score (nSPS) is 15.7. The second-order valence-corrected chi connectivity index (χ2v) is 4.51. The van der Waals surface area contributed by atoms with E-state index in [1.807, 2.05) is 6.07 Å². The van der Waals surface area contributed by atoms with Gasteiger partial charge in [-0.15, -0.1) is 0 Å². The number of benzene rings is 1. The summed E-state index contributed by atoms with van der Waals surface area (Å²) in [5.74, 6) is 0.457. The molecule has 1 saturated heterocycles. The molecule has 100 valence electrons. The first-order chi connectivity index (χ1) is 9.22. The lowest BCUT2D eigenvalue weighted by Crippen LogP contribution is -2.22. The standard InChI is InChI=1S/C13H15N3O3/c14-8-11-2-1-3-12(13(11)16(17)18)15-9-10-4-6-19-7-5-10/h1-3,10,15H,4-7,9H2. The smallest absolute Gasteiger partial charge is 0.309 e.